The van der Waals surface area contributed by atoms with E-state index in [1.165, 1.54) is 5.56 Å². The number of rotatable bonds is 6. The second kappa shape index (κ2) is 9.28. The maximum atomic E-state index is 12.5. The Bertz CT molecular complexity index is 1090. The summed E-state index contributed by atoms with van der Waals surface area (Å²) >= 11 is 1.55. The Balaban J connectivity index is 1.10. The van der Waals surface area contributed by atoms with E-state index < -0.39 is 0 Å². The molecule has 5 rings (SSSR count). The predicted molar refractivity (Wildman–Crippen MR) is 124 cm³/mol. The van der Waals surface area contributed by atoms with Gasteiger partial charge in [0.2, 0.25) is 6.79 Å². The molecular weight excluding hydrogens is 424 g/mol. The SMILES string of the molecule is Cc1ccc(NC(=O)c2csc(CN3CCN(Cc4ccc5c(c4)OCO5)CC3)n2)cc1. The maximum Gasteiger partial charge on any atom is 0.275 e. The first-order valence-corrected chi connectivity index (χ1v) is 11.7. The first kappa shape index (κ1) is 20.9. The van der Waals surface area contributed by atoms with Gasteiger partial charge in [-0.3, -0.25) is 14.6 Å². The van der Waals surface area contributed by atoms with Crippen LogP contribution in [-0.2, 0) is 13.1 Å². The van der Waals surface area contributed by atoms with Gasteiger partial charge in [-0.15, -0.1) is 11.3 Å². The molecule has 8 heteroatoms. The lowest BCUT2D eigenvalue weighted by molar-refractivity contribution is 0.102. The Morgan fingerprint density at radius 3 is 2.50 bits per heavy atom. The number of fused-ring (bicyclic) bond motifs is 1. The van der Waals surface area contributed by atoms with Crippen LogP contribution in [0.3, 0.4) is 0 Å². The van der Waals surface area contributed by atoms with Gasteiger partial charge in [0.1, 0.15) is 10.7 Å². The van der Waals surface area contributed by atoms with E-state index in [0.29, 0.717) is 12.5 Å². The van der Waals surface area contributed by atoms with E-state index in [2.05, 4.69) is 32.2 Å². The fourth-order valence-electron chi connectivity index (χ4n) is 3.91. The van der Waals surface area contributed by atoms with E-state index in [1.54, 1.807) is 11.3 Å². The summed E-state index contributed by atoms with van der Waals surface area (Å²) in [7, 11) is 0. The number of aryl methyl sites for hydroxylation is 1. The van der Waals surface area contributed by atoms with Gasteiger partial charge in [0.15, 0.2) is 11.5 Å². The van der Waals surface area contributed by atoms with Gasteiger partial charge in [0, 0.05) is 43.8 Å². The minimum atomic E-state index is -0.162. The van der Waals surface area contributed by atoms with Crippen molar-refractivity contribution in [3.05, 3.63) is 69.7 Å². The summed E-state index contributed by atoms with van der Waals surface area (Å²) in [6.07, 6.45) is 0. The molecule has 166 valence electrons. The third-order valence-electron chi connectivity index (χ3n) is 5.76. The van der Waals surface area contributed by atoms with Crippen molar-refractivity contribution in [2.45, 2.75) is 20.0 Å². The van der Waals surface area contributed by atoms with Crippen LogP contribution in [0.15, 0.2) is 47.8 Å². The summed E-state index contributed by atoms with van der Waals surface area (Å²) in [5.74, 6) is 1.51. The lowest BCUT2D eigenvalue weighted by Crippen LogP contribution is -2.45. The monoisotopic (exact) mass is 450 g/mol. The number of thiazole rings is 1. The number of piperazine rings is 1. The molecule has 0 spiro atoms. The van der Waals surface area contributed by atoms with E-state index in [9.17, 15) is 4.79 Å². The lowest BCUT2D eigenvalue weighted by atomic mass is 10.1. The maximum absolute atomic E-state index is 12.5. The second-order valence-electron chi connectivity index (χ2n) is 8.19. The van der Waals surface area contributed by atoms with Crippen molar-refractivity contribution in [2.24, 2.45) is 0 Å². The molecule has 0 unspecified atom stereocenters. The van der Waals surface area contributed by atoms with Gasteiger partial charge in [-0.25, -0.2) is 4.98 Å². The van der Waals surface area contributed by atoms with Gasteiger partial charge in [0.05, 0.1) is 6.54 Å². The average Bonchev–Trinajstić information content (AvgIpc) is 3.46. The number of ether oxygens (including phenoxy) is 2. The first-order chi connectivity index (χ1) is 15.6. The molecule has 7 nitrogen and oxygen atoms in total. The minimum absolute atomic E-state index is 0.162. The molecule has 1 fully saturated rings. The van der Waals surface area contributed by atoms with Crippen molar-refractivity contribution >= 4 is 22.9 Å². The highest BCUT2D eigenvalue weighted by atomic mass is 32.1. The number of carbonyl (C=O) groups is 1. The highest BCUT2D eigenvalue weighted by Gasteiger charge is 2.20. The third kappa shape index (κ3) is 4.93. The Hall–Kier alpha value is -2.94. The minimum Gasteiger partial charge on any atom is -0.454 e. The van der Waals surface area contributed by atoms with E-state index in [0.717, 1.165) is 67.0 Å². The van der Waals surface area contributed by atoms with Crippen molar-refractivity contribution < 1.29 is 14.3 Å². The largest absolute Gasteiger partial charge is 0.454 e. The fraction of sp³-hybridized carbons (Fsp3) is 0.333. The molecule has 0 atom stereocenters. The molecule has 1 saturated heterocycles. The van der Waals surface area contributed by atoms with E-state index in [4.69, 9.17) is 9.47 Å². The zero-order valence-electron chi connectivity index (χ0n) is 18.0. The quantitative estimate of drug-likeness (QED) is 0.617. The smallest absolute Gasteiger partial charge is 0.275 e. The number of amides is 1. The zero-order chi connectivity index (χ0) is 21.9. The predicted octanol–water partition coefficient (Wildman–Crippen LogP) is 3.75. The molecule has 0 saturated carbocycles. The molecule has 2 aliphatic heterocycles. The number of carbonyl (C=O) groups excluding carboxylic acids is 1. The average molecular weight is 451 g/mol. The van der Waals surface area contributed by atoms with Gasteiger partial charge in [0.25, 0.3) is 5.91 Å². The summed E-state index contributed by atoms with van der Waals surface area (Å²) in [5.41, 5.74) is 3.67. The normalized spacial score (nSPS) is 16.3. The lowest BCUT2D eigenvalue weighted by Gasteiger charge is -2.34. The number of hydrogen-bond donors (Lipinski definition) is 1. The van der Waals surface area contributed by atoms with Crippen LogP contribution < -0.4 is 14.8 Å². The highest BCUT2D eigenvalue weighted by Crippen LogP contribution is 2.32. The molecule has 3 heterocycles. The third-order valence-corrected chi connectivity index (χ3v) is 6.59. The standard InChI is InChI=1S/C24H26N4O3S/c1-17-2-5-19(6-3-17)25-24(29)20-15-32-23(26-20)14-28-10-8-27(9-11-28)13-18-4-7-21-22(12-18)31-16-30-21/h2-7,12,15H,8-11,13-14,16H2,1H3,(H,25,29). The zero-order valence-corrected chi connectivity index (χ0v) is 18.9. The topological polar surface area (TPSA) is 66.9 Å². The fourth-order valence-corrected chi connectivity index (χ4v) is 4.73. The van der Waals surface area contributed by atoms with Crippen LogP contribution >= 0.6 is 11.3 Å². The number of nitrogens with one attached hydrogen (secondary N) is 1. The van der Waals surface area contributed by atoms with Gasteiger partial charge >= 0.3 is 0 Å². The second-order valence-corrected chi connectivity index (χ2v) is 9.13. The number of aromatic nitrogens is 1. The highest BCUT2D eigenvalue weighted by molar-refractivity contribution is 7.09. The van der Waals surface area contributed by atoms with Crippen LogP contribution in [0.1, 0.15) is 26.6 Å². The molecular formula is C24H26N4O3S. The van der Waals surface area contributed by atoms with Crippen molar-refractivity contribution in [1.29, 1.82) is 0 Å². The van der Waals surface area contributed by atoms with Crippen LogP contribution in [0.2, 0.25) is 0 Å². The number of nitrogens with zero attached hydrogens (tertiary/aromatic N) is 3. The summed E-state index contributed by atoms with van der Waals surface area (Å²) in [5, 5.41) is 5.73. The summed E-state index contributed by atoms with van der Waals surface area (Å²) < 4.78 is 10.9. The Morgan fingerprint density at radius 1 is 1.00 bits per heavy atom. The van der Waals surface area contributed by atoms with Crippen LogP contribution in [0.5, 0.6) is 11.5 Å². The van der Waals surface area contributed by atoms with Gasteiger partial charge in [-0.05, 0) is 36.8 Å². The van der Waals surface area contributed by atoms with Crippen LogP contribution in [0, 0.1) is 6.92 Å². The number of benzene rings is 2. The van der Waals surface area contributed by atoms with Gasteiger partial charge in [-0.1, -0.05) is 23.8 Å². The molecule has 1 N–H and O–H groups in total. The van der Waals surface area contributed by atoms with Crippen LogP contribution in [-0.4, -0.2) is 53.7 Å². The molecule has 2 aliphatic rings. The molecule has 1 aromatic heterocycles. The molecule has 0 bridgehead atoms. The number of anilines is 1. The molecule has 2 aromatic carbocycles. The summed E-state index contributed by atoms with van der Waals surface area (Å²) in [6.45, 7) is 7.98. The van der Waals surface area contributed by atoms with Gasteiger partial charge < -0.3 is 14.8 Å². The van der Waals surface area contributed by atoms with Crippen molar-refractivity contribution in [3.63, 3.8) is 0 Å². The number of hydrogen-bond acceptors (Lipinski definition) is 7. The molecule has 32 heavy (non-hydrogen) atoms. The van der Waals surface area contributed by atoms with Crippen molar-refractivity contribution in [2.75, 3.05) is 38.3 Å². The van der Waals surface area contributed by atoms with E-state index >= 15 is 0 Å². The Morgan fingerprint density at radius 2 is 1.72 bits per heavy atom. The Labute approximate surface area is 191 Å². The Kier molecular flexibility index (Phi) is 6.07. The first-order valence-electron chi connectivity index (χ1n) is 10.8. The van der Waals surface area contributed by atoms with Crippen molar-refractivity contribution in [3.8, 4) is 11.5 Å². The van der Waals surface area contributed by atoms with Crippen molar-refractivity contribution in [1.82, 2.24) is 14.8 Å². The summed E-state index contributed by atoms with van der Waals surface area (Å²) in [4.78, 5) is 21.9. The van der Waals surface area contributed by atoms with Crippen LogP contribution in [0.25, 0.3) is 0 Å². The van der Waals surface area contributed by atoms with E-state index in [-0.39, 0.29) is 5.91 Å². The molecule has 0 aliphatic carbocycles. The van der Waals surface area contributed by atoms with E-state index in [1.807, 2.05) is 42.6 Å². The molecule has 1 amide bonds. The molecule has 0 radical (unpaired) electrons. The summed E-state index contributed by atoms with van der Waals surface area (Å²) in [6, 6.07) is 13.9. The van der Waals surface area contributed by atoms with Gasteiger partial charge in [-0.2, -0.15) is 0 Å². The molecule has 3 aromatic rings. The van der Waals surface area contributed by atoms with Crippen LogP contribution in [0.4, 0.5) is 5.69 Å².